The van der Waals surface area contributed by atoms with Crippen LogP contribution in [0, 0.1) is 0 Å². The zero-order valence-electron chi connectivity index (χ0n) is 14.4. The predicted octanol–water partition coefficient (Wildman–Crippen LogP) is 1.56. The van der Waals surface area contributed by atoms with Crippen LogP contribution in [0.4, 0.5) is 0 Å². The first-order valence-electron chi connectivity index (χ1n) is 8.52. The highest BCUT2D eigenvalue weighted by molar-refractivity contribution is 6.05. The molecule has 2 atom stereocenters. The Morgan fingerprint density at radius 3 is 2.40 bits per heavy atom. The number of nitrogens with zero attached hydrogens (tertiary/aromatic N) is 1. The molecular weight excluding hydrogens is 324 g/mol. The van der Waals surface area contributed by atoms with E-state index >= 15 is 0 Å². The van der Waals surface area contributed by atoms with Crippen LogP contribution in [0.1, 0.15) is 44.7 Å². The molecule has 7 nitrogen and oxygen atoms in total. The highest BCUT2D eigenvalue weighted by Crippen LogP contribution is 2.32. The van der Waals surface area contributed by atoms with E-state index < -0.39 is 6.04 Å². The fourth-order valence-electron chi connectivity index (χ4n) is 3.01. The van der Waals surface area contributed by atoms with Gasteiger partial charge in [-0.1, -0.05) is 6.07 Å². The van der Waals surface area contributed by atoms with Gasteiger partial charge < -0.3 is 14.8 Å². The summed E-state index contributed by atoms with van der Waals surface area (Å²) in [6, 6.07) is 4.44. The highest BCUT2D eigenvalue weighted by Gasteiger charge is 2.36. The lowest BCUT2D eigenvalue weighted by Gasteiger charge is -2.24. The van der Waals surface area contributed by atoms with Crippen molar-refractivity contribution in [2.45, 2.75) is 45.2 Å². The van der Waals surface area contributed by atoms with E-state index in [2.05, 4.69) is 5.32 Å². The Balaban J connectivity index is 1.68. The summed E-state index contributed by atoms with van der Waals surface area (Å²) in [7, 11) is 0. The molecule has 0 aliphatic carbocycles. The third-order valence-electron chi connectivity index (χ3n) is 4.49. The molecule has 0 bridgehead atoms. The van der Waals surface area contributed by atoms with E-state index in [9.17, 15) is 14.4 Å². The lowest BCUT2D eigenvalue weighted by atomic mass is 10.1. The number of likely N-dealkylation sites (tertiary alicyclic amines) is 1. The number of imide groups is 1. The summed E-state index contributed by atoms with van der Waals surface area (Å²) in [5.41, 5.74) is 0.865. The average Bonchev–Trinajstić information content (AvgIpc) is 2.80. The summed E-state index contributed by atoms with van der Waals surface area (Å²) in [6.45, 7) is 4.62. The zero-order chi connectivity index (χ0) is 18.0. The molecule has 1 aromatic rings. The Morgan fingerprint density at radius 2 is 1.72 bits per heavy atom. The van der Waals surface area contributed by atoms with Crippen molar-refractivity contribution in [2.75, 3.05) is 13.2 Å². The Kier molecular flexibility index (Phi) is 4.92. The normalized spacial score (nSPS) is 19.4. The molecule has 0 aromatic heterocycles. The fourth-order valence-corrected chi connectivity index (χ4v) is 3.01. The SMILES string of the molecule is C[C@H](NC(=O)[C@@H](C)N1C(=O)CCC1=O)c1ccc2c(c1)OCCCO2. The molecule has 7 heteroatoms. The summed E-state index contributed by atoms with van der Waals surface area (Å²) < 4.78 is 11.3. The smallest absolute Gasteiger partial charge is 0.243 e. The monoisotopic (exact) mass is 346 g/mol. The number of amides is 3. The van der Waals surface area contributed by atoms with Gasteiger partial charge in [0.1, 0.15) is 6.04 Å². The standard InChI is InChI=1S/C18H22N2O5/c1-11(13-4-5-14-15(10-13)25-9-3-8-24-14)19-18(23)12(2)20-16(21)6-7-17(20)22/h4-5,10-12H,3,6-9H2,1-2H3,(H,19,23)/t11-,12+/m0/s1. The van der Waals surface area contributed by atoms with E-state index in [1.807, 2.05) is 25.1 Å². The molecule has 0 radical (unpaired) electrons. The lowest BCUT2D eigenvalue weighted by Crippen LogP contribution is -2.48. The molecule has 2 aliphatic heterocycles. The number of fused-ring (bicyclic) bond motifs is 1. The summed E-state index contributed by atoms with van der Waals surface area (Å²) in [6.07, 6.45) is 1.17. The van der Waals surface area contributed by atoms with Crippen LogP contribution >= 0.6 is 0 Å². The second-order valence-corrected chi connectivity index (χ2v) is 6.32. The fraction of sp³-hybridized carbons (Fsp3) is 0.500. The van der Waals surface area contributed by atoms with Crippen molar-refractivity contribution in [3.8, 4) is 11.5 Å². The van der Waals surface area contributed by atoms with Crippen LogP contribution in [-0.2, 0) is 14.4 Å². The second-order valence-electron chi connectivity index (χ2n) is 6.32. The van der Waals surface area contributed by atoms with Crippen LogP contribution in [0.3, 0.4) is 0 Å². The Hall–Kier alpha value is -2.57. The molecule has 3 amide bonds. The number of rotatable bonds is 4. The van der Waals surface area contributed by atoms with Gasteiger partial charge in [-0.3, -0.25) is 19.3 Å². The number of carbonyl (C=O) groups is 3. The zero-order valence-corrected chi connectivity index (χ0v) is 14.4. The van der Waals surface area contributed by atoms with Crippen molar-refractivity contribution in [1.82, 2.24) is 10.2 Å². The van der Waals surface area contributed by atoms with E-state index in [1.54, 1.807) is 6.92 Å². The number of carbonyl (C=O) groups excluding carboxylic acids is 3. The van der Waals surface area contributed by atoms with Gasteiger partial charge in [-0.25, -0.2) is 0 Å². The van der Waals surface area contributed by atoms with Gasteiger partial charge in [0.25, 0.3) is 0 Å². The number of hydrogen-bond donors (Lipinski definition) is 1. The first-order chi connectivity index (χ1) is 12.0. The lowest BCUT2D eigenvalue weighted by molar-refractivity contribution is -0.146. The quantitative estimate of drug-likeness (QED) is 0.837. The van der Waals surface area contributed by atoms with Gasteiger partial charge in [0.15, 0.2) is 11.5 Å². The van der Waals surface area contributed by atoms with E-state index in [0.29, 0.717) is 24.7 Å². The highest BCUT2D eigenvalue weighted by atomic mass is 16.5. The number of hydrogen-bond acceptors (Lipinski definition) is 5. The van der Waals surface area contributed by atoms with E-state index in [1.165, 1.54) is 0 Å². The molecule has 0 unspecified atom stereocenters. The maximum Gasteiger partial charge on any atom is 0.243 e. The number of benzene rings is 1. The Morgan fingerprint density at radius 1 is 1.08 bits per heavy atom. The molecule has 0 spiro atoms. The topological polar surface area (TPSA) is 84.9 Å². The molecule has 134 valence electrons. The molecule has 0 saturated carbocycles. The molecule has 25 heavy (non-hydrogen) atoms. The molecule has 1 saturated heterocycles. The summed E-state index contributed by atoms with van der Waals surface area (Å²) in [5.74, 6) is 0.408. The third-order valence-corrected chi connectivity index (χ3v) is 4.49. The minimum atomic E-state index is -0.814. The summed E-state index contributed by atoms with van der Waals surface area (Å²) in [5, 5.41) is 2.85. The van der Waals surface area contributed by atoms with Crippen LogP contribution < -0.4 is 14.8 Å². The van der Waals surface area contributed by atoms with Gasteiger partial charge >= 0.3 is 0 Å². The minimum Gasteiger partial charge on any atom is -0.490 e. The van der Waals surface area contributed by atoms with Crippen molar-refractivity contribution in [3.63, 3.8) is 0 Å². The van der Waals surface area contributed by atoms with E-state index in [-0.39, 0.29) is 36.6 Å². The van der Waals surface area contributed by atoms with Gasteiger partial charge in [-0.05, 0) is 31.5 Å². The van der Waals surface area contributed by atoms with Gasteiger partial charge in [-0.2, -0.15) is 0 Å². The van der Waals surface area contributed by atoms with Crippen molar-refractivity contribution >= 4 is 17.7 Å². The largest absolute Gasteiger partial charge is 0.490 e. The predicted molar refractivity (Wildman–Crippen MR) is 89.2 cm³/mol. The molecule has 1 aromatic carbocycles. The second kappa shape index (κ2) is 7.13. The van der Waals surface area contributed by atoms with Crippen molar-refractivity contribution in [3.05, 3.63) is 23.8 Å². The van der Waals surface area contributed by atoms with Crippen LogP contribution in [0.5, 0.6) is 11.5 Å². The van der Waals surface area contributed by atoms with Crippen molar-refractivity contribution in [2.24, 2.45) is 0 Å². The molecular formula is C18H22N2O5. The average molecular weight is 346 g/mol. The molecule has 1 N–H and O–H groups in total. The molecule has 3 rings (SSSR count). The van der Waals surface area contributed by atoms with Crippen LogP contribution in [0.2, 0.25) is 0 Å². The minimum absolute atomic E-state index is 0.175. The van der Waals surface area contributed by atoms with E-state index in [0.717, 1.165) is 16.9 Å². The first kappa shape index (κ1) is 17.3. The summed E-state index contributed by atoms with van der Waals surface area (Å²) >= 11 is 0. The van der Waals surface area contributed by atoms with Gasteiger partial charge in [-0.15, -0.1) is 0 Å². The Labute approximate surface area is 146 Å². The summed E-state index contributed by atoms with van der Waals surface area (Å²) in [4.78, 5) is 37.0. The van der Waals surface area contributed by atoms with Crippen LogP contribution in [0.15, 0.2) is 18.2 Å². The molecule has 1 fully saturated rings. The van der Waals surface area contributed by atoms with Gasteiger partial charge in [0, 0.05) is 19.3 Å². The van der Waals surface area contributed by atoms with Crippen molar-refractivity contribution < 1.29 is 23.9 Å². The maximum absolute atomic E-state index is 12.4. The van der Waals surface area contributed by atoms with Crippen LogP contribution in [0.25, 0.3) is 0 Å². The molecule has 2 aliphatic rings. The van der Waals surface area contributed by atoms with Gasteiger partial charge in [0.05, 0.1) is 19.3 Å². The van der Waals surface area contributed by atoms with Gasteiger partial charge in [0.2, 0.25) is 17.7 Å². The number of nitrogens with one attached hydrogen (secondary N) is 1. The first-order valence-corrected chi connectivity index (χ1v) is 8.52. The van der Waals surface area contributed by atoms with Crippen LogP contribution in [-0.4, -0.2) is 41.9 Å². The third kappa shape index (κ3) is 3.60. The molecule has 2 heterocycles. The van der Waals surface area contributed by atoms with Crippen molar-refractivity contribution in [1.29, 1.82) is 0 Å². The Bertz CT molecular complexity index is 687. The van der Waals surface area contributed by atoms with E-state index in [4.69, 9.17) is 9.47 Å². The maximum atomic E-state index is 12.4. The number of ether oxygens (including phenoxy) is 2.